The van der Waals surface area contributed by atoms with Crippen molar-refractivity contribution >= 4 is 11.9 Å². The van der Waals surface area contributed by atoms with E-state index in [0.29, 0.717) is 23.7 Å². The number of nitrogens with zero attached hydrogens (tertiary/aromatic N) is 4. The van der Waals surface area contributed by atoms with Crippen LogP contribution < -0.4 is 4.90 Å². The maximum Gasteiger partial charge on any atom is 0.225 e. The van der Waals surface area contributed by atoms with Gasteiger partial charge < -0.3 is 9.80 Å². The molecule has 5 heteroatoms. The summed E-state index contributed by atoms with van der Waals surface area (Å²) in [7, 11) is 0. The van der Waals surface area contributed by atoms with Crippen LogP contribution >= 0.6 is 0 Å². The van der Waals surface area contributed by atoms with Crippen LogP contribution in [0.3, 0.4) is 0 Å². The minimum absolute atomic E-state index is 0.384. The lowest BCUT2D eigenvalue weighted by Crippen LogP contribution is -2.40. The Hall–Kier alpha value is -1.65. The zero-order valence-corrected chi connectivity index (χ0v) is 12.3. The van der Waals surface area contributed by atoms with Crippen molar-refractivity contribution in [1.82, 2.24) is 14.9 Å². The number of hydrogen-bond donors (Lipinski definition) is 0. The summed E-state index contributed by atoms with van der Waals surface area (Å²) in [6.45, 7) is 3.90. The summed E-state index contributed by atoms with van der Waals surface area (Å²) >= 11 is 0. The Bertz CT molecular complexity index is 516. The molecule has 0 spiro atoms. The molecule has 1 aliphatic carbocycles. The van der Waals surface area contributed by atoms with Gasteiger partial charge in [0, 0.05) is 45.0 Å². The first-order valence-corrected chi connectivity index (χ1v) is 8.09. The lowest BCUT2D eigenvalue weighted by atomic mass is 9.89. The van der Waals surface area contributed by atoms with Gasteiger partial charge in [-0.15, -0.1) is 0 Å². The molecule has 21 heavy (non-hydrogen) atoms. The fourth-order valence-electron chi connectivity index (χ4n) is 3.71. The summed E-state index contributed by atoms with van der Waals surface area (Å²) in [5.74, 6) is 3.17. The first-order valence-electron chi connectivity index (χ1n) is 8.09. The molecule has 0 radical (unpaired) electrons. The molecule has 0 N–H and O–H groups in total. The molecule has 2 atom stereocenters. The highest BCUT2D eigenvalue weighted by atomic mass is 16.2. The Morgan fingerprint density at radius 2 is 1.86 bits per heavy atom. The van der Waals surface area contributed by atoms with Gasteiger partial charge in [0.25, 0.3) is 0 Å². The van der Waals surface area contributed by atoms with Crippen molar-refractivity contribution in [2.75, 3.05) is 31.1 Å². The largest absolute Gasteiger partial charge is 0.342 e. The molecular formula is C16H22N4O. The van der Waals surface area contributed by atoms with E-state index >= 15 is 0 Å². The Morgan fingerprint density at radius 3 is 2.62 bits per heavy atom. The van der Waals surface area contributed by atoms with Gasteiger partial charge in [0.05, 0.1) is 0 Å². The molecule has 0 aromatic carbocycles. The van der Waals surface area contributed by atoms with Gasteiger partial charge in [-0.3, -0.25) is 4.79 Å². The summed E-state index contributed by atoms with van der Waals surface area (Å²) in [6.07, 6.45) is 8.04. The summed E-state index contributed by atoms with van der Waals surface area (Å²) in [4.78, 5) is 25.4. The quantitative estimate of drug-likeness (QED) is 0.846. The van der Waals surface area contributed by atoms with E-state index in [-0.39, 0.29) is 0 Å². The maximum absolute atomic E-state index is 12.3. The monoisotopic (exact) mass is 286 g/mol. The second-order valence-corrected chi connectivity index (χ2v) is 6.75. The van der Waals surface area contributed by atoms with Crippen LogP contribution in [0.15, 0.2) is 18.5 Å². The van der Waals surface area contributed by atoms with Crippen molar-refractivity contribution in [3.05, 3.63) is 18.5 Å². The number of hydrogen-bond acceptors (Lipinski definition) is 4. The first-order chi connectivity index (χ1) is 10.3. The van der Waals surface area contributed by atoms with Crippen molar-refractivity contribution in [3.8, 4) is 0 Å². The second kappa shape index (κ2) is 5.28. The van der Waals surface area contributed by atoms with Crippen molar-refractivity contribution in [3.63, 3.8) is 0 Å². The predicted molar refractivity (Wildman–Crippen MR) is 79.8 cm³/mol. The second-order valence-electron chi connectivity index (χ2n) is 6.75. The average Bonchev–Trinajstić information content (AvgIpc) is 3.23. The number of carbonyl (C=O) groups is 1. The van der Waals surface area contributed by atoms with E-state index in [0.717, 1.165) is 45.0 Å². The number of likely N-dealkylation sites (tertiary alicyclic amines) is 1. The zero-order chi connectivity index (χ0) is 14.2. The molecule has 0 bridgehead atoms. The Kier molecular flexibility index (Phi) is 3.28. The van der Waals surface area contributed by atoms with Crippen LogP contribution in [-0.2, 0) is 4.79 Å². The molecule has 1 aromatic heterocycles. The van der Waals surface area contributed by atoms with Gasteiger partial charge in [0.1, 0.15) is 0 Å². The van der Waals surface area contributed by atoms with E-state index in [1.54, 1.807) is 12.4 Å². The molecule has 4 rings (SSSR count). The van der Waals surface area contributed by atoms with Crippen molar-refractivity contribution < 1.29 is 4.79 Å². The molecule has 2 saturated heterocycles. The molecule has 3 aliphatic rings. The molecule has 0 unspecified atom stereocenters. The zero-order valence-electron chi connectivity index (χ0n) is 12.3. The normalized spacial score (nSPS) is 28.6. The lowest BCUT2D eigenvalue weighted by Gasteiger charge is -2.34. The van der Waals surface area contributed by atoms with Crippen LogP contribution in [0.4, 0.5) is 5.95 Å². The number of amides is 1. The third kappa shape index (κ3) is 2.74. The van der Waals surface area contributed by atoms with Gasteiger partial charge in [0.15, 0.2) is 0 Å². The number of fused-ring (bicyclic) bond motifs is 1. The van der Waals surface area contributed by atoms with Gasteiger partial charge >= 0.3 is 0 Å². The molecular weight excluding hydrogens is 264 g/mol. The number of carbonyl (C=O) groups excluding carboxylic acids is 1. The molecule has 5 nitrogen and oxygen atoms in total. The third-order valence-corrected chi connectivity index (χ3v) is 5.15. The molecule has 1 amide bonds. The van der Waals surface area contributed by atoms with E-state index in [1.165, 1.54) is 12.8 Å². The van der Waals surface area contributed by atoms with E-state index < -0.39 is 0 Å². The summed E-state index contributed by atoms with van der Waals surface area (Å²) in [5, 5.41) is 0. The van der Waals surface area contributed by atoms with Crippen LogP contribution in [0.2, 0.25) is 0 Å². The lowest BCUT2D eigenvalue weighted by molar-refractivity contribution is -0.130. The minimum atomic E-state index is 0.384. The van der Waals surface area contributed by atoms with E-state index in [1.807, 2.05) is 6.07 Å². The predicted octanol–water partition coefficient (Wildman–Crippen LogP) is 1.56. The summed E-state index contributed by atoms with van der Waals surface area (Å²) in [5.41, 5.74) is 0. The van der Waals surface area contributed by atoms with Crippen LogP contribution in [0.1, 0.15) is 25.7 Å². The smallest absolute Gasteiger partial charge is 0.225 e. The minimum Gasteiger partial charge on any atom is -0.342 e. The SMILES string of the molecule is O=C(CC1CC1)N1C[C@@H]2CCN(c3ncccn3)C[C@@H]2C1. The van der Waals surface area contributed by atoms with Gasteiger partial charge in [-0.05, 0) is 43.1 Å². The Balaban J connectivity index is 1.38. The third-order valence-electron chi connectivity index (χ3n) is 5.15. The van der Waals surface area contributed by atoms with Gasteiger partial charge in [-0.2, -0.15) is 0 Å². The van der Waals surface area contributed by atoms with Crippen molar-refractivity contribution in [2.24, 2.45) is 17.8 Å². The van der Waals surface area contributed by atoms with Crippen molar-refractivity contribution in [2.45, 2.75) is 25.7 Å². The summed E-state index contributed by atoms with van der Waals surface area (Å²) < 4.78 is 0. The van der Waals surface area contributed by atoms with Crippen LogP contribution in [-0.4, -0.2) is 47.0 Å². The fourth-order valence-corrected chi connectivity index (χ4v) is 3.71. The fraction of sp³-hybridized carbons (Fsp3) is 0.688. The number of rotatable bonds is 3. The van der Waals surface area contributed by atoms with Crippen molar-refractivity contribution in [1.29, 1.82) is 0 Å². The van der Waals surface area contributed by atoms with Gasteiger partial charge in [-0.1, -0.05) is 0 Å². The molecule has 1 saturated carbocycles. The number of anilines is 1. The van der Waals surface area contributed by atoms with Gasteiger partial charge in [0.2, 0.25) is 11.9 Å². The highest BCUT2D eigenvalue weighted by molar-refractivity contribution is 5.77. The average molecular weight is 286 g/mol. The molecule has 1 aromatic rings. The molecule has 2 aliphatic heterocycles. The highest BCUT2D eigenvalue weighted by Crippen LogP contribution is 2.36. The molecule has 3 heterocycles. The van der Waals surface area contributed by atoms with E-state index in [2.05, 4.69) is 19.8 Å². The van der Waals surface area contributed by atoms with Crippen LogP contribution in [0, 0.1) is 17.8 Å². The number of piperidine rings is 1. The number of aromatic nitrogens is 2. The van der Waals surface area contributed by atoms with Gasteiger partial charge in [-0.25, -0.2) is 9.97 Å². The highest BCUT2D eigenvalue weighted by Gasteiger charge is 2.40. The molecule has 3 fully saturated rings. The maximum atomic E-state index is 12.3. The Morgan fingerprint density at radius 1 is 1.10 bits per heavy atom. The first kappa shape index (κ1) is 13.0. The van der Waals surface area contributed by atoms with Crippen LogP contribution in [0.25, 0.3) is 0 Å². The molecule has 112 valence electrons. The Labute approximate surface area is 125 Å². The topological polar surface area (TPSA) is 49.3 Å². The van der Waals surface area contributed by atoms with Crippen LogP contribution in [0.5, 0.6) is 0 Å². The van der Waals surface area contributed by atoms with E-state index in [9.17, 15) is 4.79 Å². The standard InChI is InChI=1S/C16H22N4O/c21-15(8-12-2-3-12)20-9-13-4-7-19(10-14(13)11-20)16-17-5-1-6-18-16/h1,5-6,12-14H,2-4,7-11H2/t13-,14+/m0/s1. The van der Waals surface area contributed by atoms with E-state index in [4.69, 9.17) is 0 Å². The summed E-state index contributed by atoms with van der Waals surface area (Å²) in [6, 6.07) is 1.85.